The van der Waals surface area contributed by atoms with Gasteiger partial charge in [0.25, 0.3) is 0 Å². The Morgan fingerprint density at radius 3 is 1.41 bits per heavy atom. The lowest BCUT2D eigenvalue weighted by Gasteiger charge is -2.06. The molecule has 1 amide bonds. The van der Waals surface area contributed by atoms with Gasteiger partial charge in [-0.2, -0.15) is 0 Å². The van der Waals surface area contributed by atoms with Crippen molar-refractivity contribution in [1.29, 1.82) is 0 Å². The quantitative estimate of drug-likeness (QED) is 0.176. The van der Waals surface area contributed by atoms with E-state index in [-0.39, 0.29) is 11.7 Å². The van der Waals surface area contributed by atoms with E-state index in [2.05, 4.69) is 12.2 Å². The van der Waals surface area contributed by atoms with Crippen LogP contribution >= 0.6 is 0 Å². The third kappa shape index (κ3) is 18.1. The monoisotopic (exact) mass is 445 g/mol. The summed E-state index contributed by atoms with van der Waals surface area (Å²) in [6.45, 7) is 3.06. The number of aromatic hydroxyl groups is 1. The molecule has 3 heteroatoms. The van der Waals surface area contributed by atoms with Crippen LogP contribution in [-0.2, 0) is 11.2 Å². The Hall–Kier alpha value is -1.51. The summed E-state index contributed by atoms with van der Waals surface area (Å²) in [6.07, 6.45) is 26.7. The smallest absolute Gasteiger partial charge is 0.224 e. The van der Waals surface area contributed by atoms with Crippen LogP contribution < -0.4 is 5.32 Å². The highest BCUT2D eigenvalue weighted by molar-refractivity contribution is 5.78. The number of carbonyl (C=O) groups excluding carboxylic acids is 1. The van der Waals surface area contributed by atoms with Crippen molar-refractivity contribution in [2.45, 2.75) is 135 Å². The van der Waals surface area contributed by atoms with E-state index in [1.807, 2.05) is 0 Å². The molecule has 0 aliphatic rings. The van der Waals surface area contributed by atoms with Crippen LogP contribution in [0.3, 0.4) is 0 Å². The third-order valence-corrected chi connectivity index (χ3v) is 6.40. The fourth-order valence-corrected chi connectivity index (χ4v) is 4.29. The summed E-state index contributed by atoms with van der Waals surface area (Å²) < 4.78 is 0. The maximum atomic E-state index is 11.9. The van der Waals surface area contributed by atoms with Crippen LogP contribution in [0.15, 0.2) is 24.3 Å². The van der Waals surface area contributed by atoms with E-state index in [9.17, 15) is 9.90 Å². The predicted molar refractivity (Wildman–Crippen MR) is 138 cm³/mol. The largest absolute Gasteiger partial charge is 0.508 e. The molecule has 184 valence electrons. The molecule has 0 radical (unpaired) electrons. The average molecular weight is 446 g/mol. The van der Waals surface area contributed by atoms with Crippen molar-refractivity contribution < 1.29 is 9.90 Å². The second-order valence-corrected chi connectivity index (χ2v) is 9.56. The summed E-state index contributed by atoms with van der Waals surface area (Å²) in [5.41, 5.74) is 0.938. The van der Waals surface area contributed by atoms with Gasteiger partial charge in [0.05, 0.1) is 6.42 Å². The fourth-order valence-electron chi connectivity index (χ4n) is 4.29. The van der Waals surface area contributed by atoms with E-state index in [0.29, 0.717) is 6.42 Å². The highest BCUT2D eigenvalue weighted by atomic mass is 16.3. The predicted octanol–water partition coefficient (Wildman–Crippen LogP) is 8.48. The number of carbonyl (C=O) groups is 1. The van der Waals surface area contributed by atoms with Gasteiger partial charge in [-0.15, -0.1) is 0 Å². The van der Waals surface area contributed by atoms with Crippen molar-refractivity contribution in [3.05, 3.63) is 29.8 Å². The van der Waals surface area contributed by atoms with Crippen LogP contribution in [0.4, 0.5) is 0 Å². The van der Waals surface area contributed by atoms with Crippen LogP contribution in [0.5, 0.6) is 5.75 Å². The van der Waals surface area contributed by atoms with Gasteiger partial charge < -0.3 is 10.4 Å². The fraction of sp³-hybridized carbons (Fsp3) is 0.759. The lowest BCUT2D eigenvalue weighted by atomic mass is 10.0. The number of unbranched alkanes of at least 4 members (excludes halogenated alkanes) is 18. The number of hydrogen-bond donors (Lipinski definition) is 2. The van der Waals surface area contributed by atoms with E-state index in [1.54, 1.807) is 24.3 Å². The van der Waals surface area contributed by atoms with E-state index in [1.165, 1.54) is 116 Å². The van der Waals surface area contributed by atoms with Gasteiger partial charge in [-0.25, -0.2) is 0 Å². The van der Waals surface area contributed by atoms with Crippen LogP contribution in [0.1, 0.15) is 134 Å². The topological polar surface area (TPSA) is 49.3 Å². The molecule has 0 unspecified atom stereocenters. The number of phenolic OH excluding ortho intramolecular Hbond substituents is 1. The first kappa shape index (κ1) is 28.5. The minimum atomic E-state index is 0.0677. The lowest BCUT2D eigenvalue weighted by Crippen LogP contribution is -2.26. The van der Waals surface area contributed by atoms with E-state index >= 15 is 0 Å². The highest BCUT2D eigenvalue weighted by Gasteiger charge is 2.02. The zero-order chi connectivity index (χ0) is 23.1. The van der Waals surface area contributed by atoms with Crippen molar-refractivity contribution in [2.24, 2.45) is 0 Å². The van der Waals surface area contributed by atoms with Crippen molar-refractivity contribution in [2.75, 3.05) is 6.54 Å². The maximum absolute atomic E-state index is 11.9. The Morgan fingerprint density at radius 2 is 1.00 bits per heavy atom. The van der Waals surface area contributed by atoms with Crippen molar-refractivity contribution in [3.63, 3.8) is 0 Å². The molecule has 0 bridgehead atoms. The second-order valence-electron chi connectivity index (χ2n) is 9.56. The molecule has 1 aromatic rings. The normalized spacial score (nSPS) is 11.0. The molecule has 0 heterocycles. The first-order valence-corrected chi connectivity index (χ1v) is 13.8. The molecule has 1 aromatic carbocycles. The van der Waals surface area contributed by atoms with E-state index in [0.717, 1.165) is 18.5 Å². The molecule has 0 fully saturated rings. The zero-order valence-electron chi connectivity index (χ0n) is 21.0. The molecular formula is C29H51NO2. The molecule has 3 nitrogen and oxygen atoms in total. The number of rotatable bonds is 22. The molecule has 1 rings (SSSR count). The molecule has 0 saturated carbocycles. The maximum Gasteiger partial charge on any atom is 0.224 e. The Bertz CT molecular complexity index is 541. The summed E-state index contributed by atoms with van der Waals surface area (Å²) in [6, 6.07) is 6.85. The Labute approximate surface area is 198 Å². The van der Waals surface area contributed by atoms with Crippen LogP contribution in [0.25, 0.3) is 0 Å². The summed E-state index contributed by atoms with van der Waals surface area (Å²) in [4.78, 5) is 11.9. The number of nitrogens with one attached hydrogen (secondary N) is 1. The van der Waals surface area contributed by atoms with Crippen molar-refractivity contribution in [1.82, 2.24) is 5.32 Å². The first-order valence-electron chi connectivity index (χ1n) is 13.8. The molecule has 0 atom stereocenters. The van der Waals surface area contributed by atoms with Gasteiger partial charge in [-0.05, 0) is 24.1 Å². The highest BCUT2D eigenvalue weighted by Crippen LogP contribution is 2.14. The molecule has 0 aliphatic carbocycles. The molecule has 32 heavy (non-hydrogen) atoms. The number of hydrogen-bond acceptors (Lipinski definition) is 2. The Morgan fingerprint density at radius 1 is 0.625 bits per heavy atom. The minimum Gasteiger partial charge on any atom is -0.508 e. The average Bonchev–Trinajstić information content (AvgIpc) is 2.79. The molecule has 0 aromatic heterocycles. The number of phenols is 1. The van der Waals surface area contributed by atoms with Gasteiger partial charge in [0.15, 0.2) is 0 Å². The molecule has 0 aliphatic heterocycles. The Kier molecular flexibility index (Phi) is 19.0. The van der Waals surface area contributed by atoms with Crippen LogP contribution in [-0.4, -0.2) is 17.6 Å². The Balaban J connectivity index is 1.74. The first-order chi connectivity index (χ1) is 15.7. The van der Waals surface area contributed by atoms with Gasteiger partial charge in [0.1, 0.15) is 5.75 Å². The standard InChI is InChI=1S/C29H51NO2/c1-2-3-4-5-6-7-8-9-10-11-12-13-14-15-16-17-18-19-20-25-30-29(32)26-27-21-23-28(31)24-22-27/h21-24,31H,2-20,25-26H2,1H3,(H,30,32). The van der Waals surface area contributed by atoms with Crippen molar-refractivity contribution >= 4 is 5.91 Å². The van der Waals surface area contributed by atoms with Gasteiger partial charge in [-0.3, -0.25) is 4.79 Å². The summed E-state index contributed by atoms with van der Waals surface area (Å²) in [5, 5.41) is 12.3. The third-order valence-electron chi connectivity index (χ3n) is 6.40. The second kappa shape index (κ2) is 21.3. The molecule has 0 saturated heterocycles. The zero-order valence-corrected chi connectivity index (χ0v) is 21.0. The van der Waals surface area contributed by atoms with Crippen molar-refractivity contribution in [3.8, 4) is 5.75 Å². The summed E-state index contributed by atoms with van der Waals surface area (Å²) in [5.74, 6) is 0.307. The molecular weight excluding hydrogens is 394 g/mol. The van der Waals surface area contributed by atoms with Gasteiger partial charge in [0.2, 0.25) is 5.91 Å². The molecule has 2 N–H and O–H groups in total. The summed E-state index contributed by atoms with van der Waals surface area (Å²) >= 11 is 0. The number of benzene rings is 1. The summed E-state index contributed by atoms with van der Waals surface area (Å²) in [7, 11) is 0. The van der Waals surface area contributed by atoms with E-state index in [4.69, 9.17) is 0 Å². The van der Waals surface area contributed by atoms with E-state index < -0.39 is 0 Å². The van der Waals surface area contributed by atoms with Gasteiger partial charge in [-0.1, -0.05) is 135 Å². The van der Waals surface area contributed by atoms with Crippen LogP contribution in [0, 0.1) is 0 Å². The van der Waals surface area contributed by atoms with Gasteiger partial charge in [0, 0.05) is 6.54 Å². The molecule has 0 spiro atoms. The lowest BCUT2D eigenvalue weighted by molar-refractivity contribution is -0.120. The van der Waals surface area contributed by atoms with Gasteiger partial charge >= 0.3 is 0 Å². The SMILES string of the molecule is CCCCCCCCCCCCCCCCCCCCCNC(=O)Cc1ccc(O)cc1. The minimum absolute atomic E-state index is 0.0677. The van der Waals surface area contributed by atoms with Crippen LogP contribution in [0.2, 0.25) is 0 Å². The number of amides is 1.